The largest absolute Gasteiger partial charge is 0.197 e. The Morgan fingerprint density at radius 1 is 1.50 bits per heavy atom. The highest BCUT2D eigenvalue weighted by atomic mass is 32.2. The van der Waals surface area contributed by atoms with Crippen LogP contribution in [0.4, 0.5) is 0 Å². The summed E-state index contributed by atoms with van der Waals surface area (Å²) < 4.78 is 4.39. The zero-order valence-corrected chi connectivity index (χ0v) is 9.30. The topological polar surface area (TPSA) is 12.9 Å². The number of nitrogens with zero attached hydrogens (tertiary/aromatic N) is 1. The van der Waals surface area contributed by atoms with Crippen LogP contribution in [0.25, 0.3) is 0 Å². The SMILES string of the molecule is CCSCCc1nscc1CC. The zero-order chi connectivity index (χ0) is 8.81. The normalized spacial score (nSPS) is 10.5. The fraction of sp³-hybridized carbons (Fsp3) is 0.667. The maximum Gasteiger partial charge on any atom is 0.0582 e. The van der Waals surface area contributed by atoms with Crippen molar-refractivity contribution in [1.29, 1.82) is 0 Å². The molecule has 1 rings (SSSR count). The predicted molar refractivity (Wildman–Crippen MR) is 58.2 cm³/mol. The summed E-state index contributed by atoms with van der Waals surface area (Å²) in [5.41, 5.74) is 2.76. The molecule has 0 aliphatic rings. The maximum atomic E-state index is 4.39. The second-order valence-corrected chi connectivity index (χ2v) is 4.61. The third-order valence-electron chi connectivity index (χ3n) is 1.80. The van der Waals surface area contributed by atoms with Crippen molar-refractivity contribution >= 4 is 23.3 Å². The molecule has 0 amide bonds. The van der Waals surface area contributed by atoms with E-state index in [1.165, 1.54) is 22.8 Å². The van der Waals surface area contributed by atoms with Crippen molar-refractivity contribution in [1.82, 2.24) is 4.37 Å². The Bertz CT molecular complexity index is 220. The van der Waals surface area contributed by atoms with E-state index in [2.05, 4.69) is 23.6 Å². The van der Waals surface area contributed by atoms with Gasteiger partial charge >= 0.3 is 0 Å². The van der Waals surface area contributed by atoms with Crippen molar-refractivity contribution in [2.24, 2.45) is 0 Å². The summed E-state index contributed by atoms with van der Waals surface area (Å²) in [6.45, 7) is 4.40. The summed E-state index contributed by atoms with van der Waals surface area (Å²) in [7, 11) is 0. The molecular weight excluding hydrogens is 186 g/mol. The van der Waals surface area contributed by atoms with Crippen LogP contribution >= 0.6 is 23.3 Å². The molecule has 0 fully saturated rings. The van der Waals surface area contributed by atoms with E-state index in [1.54, 1.807) is 11.5 Å². The molecule has 0 spiro atoms. The lowest BCUT2D eigenvalue weighted by Crippen LogP contribution is -1.93. The summed E-state index contributed by atoms with van der Waals surface area (Å²) >= 11 is 3.58. The lowest BCUT2D eigenvalue weighted by Gasteiger charge is -1.98. The first-order valence-corrected chi connectivity index (χ1v) is 6.37. The number of aryl methyl sites for hydroxylation is 2. The highest BCUT2D eigenvalue weighted by Crippen LogP contribution is 2.13. The van der Waals surface area contributed by atoms with E-state index in [0.29, 0.717) is 0 Å². The van der Waals surface area contributed by atoms with Gasteiger partial charge in [-0.3, -0.25) is 0 Å². The van der Waals surface area contributed by atoms with E-state index in [1.807, 2.05) is 11.8 Å². The van der Waals surface area contributed by atoms with Crippen molar-refractivity contribution in [3.63, 3.8) is 0 Å². The molecule has 0 bridgehead atoms. The van der Waals surface area contributed by atoms with Gasteiger partial charge in [-0.25, -0.2) is 0 Å². The van der Waals surface area contributed by atoms with Crippen molar-refractivity contribution < 1.29 is 0 Å². The molecule has 0 unspecified atom stereocenters. The molecule has 0 atom stereocenters. The molecule has 1 aromatic heterocycles. The second kappa shape index (κ2) is 5.60. The molecule has 0 saturated heterocycles. The molecule has 0 N–H and O–H groups in total. The van der Waals surface area contributed by atoms with Gasteiger partial charge in [0.2, 0.25) is 0 Å². The fourth-order valence-electron chi connectivity index (χ4n) is 1.09. The molecule has 1 heterocycles. The van der Waals surface area contributed by atoms with Gasteiger partial charge in [-0.1, -0.05) is 13.8 Å². The van der Waals surface area contributed by atoms with Gasteiger partial charge in [0.25, 0.3) is 0 Å². The molecule has 3 heteroatoms. The lowest BCUT2D eigenvalue weighted by molar-refractivity contribution is 1.02. The van der Waals surface area contributed by atoms with Crippen molar-refractivity contribution in [2.75, 3.05) is 11.5 Å². The molecular formula is C9H15NS2. The molecule has 0 radical (unpaired) electrons. The maximum absolute atomic E-state index is 4.39. The summed E-state index contributed by atoms with van der Waals surface area (Å²) in [6.07, 6.45) is 2.27. The zero-order valence-electron chi connectivity index (χ0n) is 7.67. The molecule has 0 aromatic carbocycles. The van der Waals surface area contributed by atoms with Crippen LogP contribution in [0.3, 0.4) is 0 Å². The molecule has 0 aliphatic carbocycles. The van der Waals surface area contributed by atoms with E-state index in [0.717, 1.165) is 12.8 Å². The summed E-state index contributed by atoms with van der Waals surface area (Å²) in [5, 5.41) is 2.17. The van der Waals surface area contributed by atoms with E-state index in [-0.39, 0.29) is 0 Å². The Hall–Kier alpha value is -0.0200. The average Bonchev–Trinajstić information content (AvgIpc) is 2.52. The number of aromatic nitrogens is 1. The van der Waals surface area contributed by atoms with Gasteiger partial charge in [0.05, 0.1) is 5.69 Å². The van der Waals surface area contributed by atoms with Crippen molar-refractivity contribution in [3.05, 3.63) is 16.6 Å². The highest BCUT2D eigenvalue weighted by molar-refractivity contribution is 7.99. The van der Waals surface area contributed by atoms with Crippen LogP contribution in [0, 0.1) is 0 Å². The van der Waals surface area contributed by atoms with Crippen LogP contribution < -0.4 is 0 Å². The van der Waals surface area contributed by atoms with Crippen LogP contribution in [0.15, 0.2) is 5.38 Å². The first kappa shape index (κ1) is 10.1. The molecule has 1 aromatic rings. The quantitative estimate of drug-likeness (QED) is 0.679. The van der Waals surface area contributed by atoms with Gasteiger partial charge in [-0.05, 0) is 35.0 Å². The monoisotopic (exact) mass is 201 g/mol. The van der Waals surface area contributed by atoms with E-state index in [4.69, 9.17) is 0 Å². The Morgan fingerprint density at radius 2 is 2.33 bits per heavy atom. The number of rotatable bonds is 5. The molecule has 12 heavy (non-hydrogen) atoms. The van der Waals surface area contributed by atoms with Gasteiger partial charge in [-0.2, -0.15) is 16.1 Å². The molecule has 1 nitrogen and oxygen atoms in total. The third kappa shape index (κ3) is 2.79. The second-order valence-electron chi connectivity index (χ2n) is 2.59. The number of hydrogen-bond donors (Lipinski definition) is 0. The van der Waals surface area contributed by atoms with E-state index in [9.17, 15) is 0 Å². The minimum absolute atomic E-state index is 1.13. The third-order valence-corrected chi connectivity index (χ3v) is 3.41. The van der Waals surface area contributed by atoms with Crippen LogP contribution in [0.1, 0.15) is 25.1 Å². The summed E-state index contributed by atoms with van der Waals surface area (Å²) in [4.78, 5) is 0. The highest BCUT2D eigenvalue weighted by Gasteiger charge is 2.02. The van der Waals surface area contributed by atoms with Crippen LogP contribution in [0.2, 0.25) is 0 Å². The predicted octanol–water partition coefficient (Wildman–Crippen LogP) is 3.00. The van der Waals surface area contributed by atoms with Gasteiger partial charge < -0.3 is 0 Å². The Balaban J connectivity index is 2.39. The fourth-order valence-corrected chi connectivity index (χ4v) is 2.53. The molecule has 0 aliphatic heterocycles. The van der Waals surface area contributed by atoms with Gasteiger partial charge in [0.1, 0.15) is 0 Å². The van der Waals surface area contributed by atoms with Crippen LogP contribution in [0.5, 0.6) is 0 Å². The smallest absolute Gasteiger partial charge is 0.0582 e. The van der Waals surface area contributed by atoms with Gasteiger partial charge in [0, 0.05) is 11.8 Å². The average molecular weight is 201 g/mol. The number of thioether (sulfide) groups is 1. The summed E-state index contributed by atoms with van der Waals surface area (Å²) in [5.74, 6) is 2.43. The van der Waals surface area contributed by atoms with Crippen LogP contribution in [-0.2, 0) is 12.8 Å². The minimum atomic E-state index is 1.13. The van der Waals surface area contributed by atoms with E-state index < -0.39 is 0 Å². The molecule has 68 valence electrons. The van der Waals surface area contributed by atoms with Gasteiger partial charge in [0.15, 0.2) is 0 Å². The first-order valence-electron chi connectivity index (χ1n) is 4.38. The minimum Gasteiger partial charge on any atom is -0.197 e. The summed E-state index contributed by atoms with van der Waals surface area (Å²) in [6, 6.07) is 0. The Morgan fingerprint density at radius 3 is 3.00 bits per heavy atom. The first-order chi connectivity index (χ1) is 5.88. The van der Waals surface area contributed by atoms with Crippen molar-refractivity contribution in [3.8, 4) is 0 Å². The molecule has 0 saturated carbocycles. The van der Waals surface area contributed by atoms with Crippen LogP contribution in [-0.4, -0.2) is 15.9 Å². The Kier molecular flexibility index (Phi) is 4.69. The van der Waals surface area contributed by atoms with E-state index >= 15 is 0 Å². The van der Waals surface area contributed by atoms with Crippen molar-refractivity contribution in [2.45, 2.75) is 26.7 Å². The Labute approximate surface area is 82.7 Å². The lowest BCUT2D eigenvalue weighted by atomic mass is 10.2. The standard InChI is InChI=1S/C9H15NS2/c1-3-8-7-12-10-9(8)5-6-11-4-2/h7H,3-6H2,1-2H3. The van der Waals surface area contributed by atoms with Gasteiger partial charge in [-0.15, -0.1) is 0 Å². The number of hydrogen-bond acceptors (Lipinski definition) is 3.